The highest BCUT2D eigenvalue weighted by atomic mass is 19.1. The van der Waals surface area contributed by atoms with Gasteiger partial charge in [0.25, 0.3) is 0 Å². The van der Waals surface area contributed by atoms with Crippen molar-refractivity contribution in [3.05, 3.63) is 66.0 Å². The van der Waals surface area contributed by atoms with Crippen LogP contribution in [0.4, 0.5) is 10.1 Å². The monoisotopic (exact) mass is 406 g/mol. The van der Waals surface area contributed by atoms with Crippen LogP contribution in [-0.4, -0.2) is 28.7 Å². The number of halogens is 1. The number of benzene rings is 2. The van der Waals surface area contributed by atoms with Gasteiger partial charge in [-0.3, -0.25) is 19.3 Å². The first-order valence-electron chi connectivity index (χ1n) is 10.5. The fraction of sp³-hybridized carbons (Fsp3) is 0.375. The molecule has 5 rings (SSSR count). The van der Waals surface area contributed by atoms with Crippen LogP contribution in [0.2, 0.25) is 0 Å². The minimum absolute atomic E-state index is 0.201. The highest BCUT2D eigenvalue weighted by Crippen LogP contribution is 2.56. The first kappa shape index (κ1) is 19.0. The number of carbonyl (C=O) groups is 3. The van der Waals surface area contributed by atoms with Gasteiger partial charge < -0.3 is 5.32 Å². The van der Waals surface area contributed by atoms with E-state index in [0.717, 1.165) is 24.8 Å². The van der Waals surface area contributed by atoms with Crippen LogP contribution in [0.5, 0.6) is 0 Å². The van der Waals surface area contributed by atoms with Crippen molar-refractivity contribution in [3.63, 3.8) is 0 Å². The fourth-order valence-corrected chi connectivity index (χ4v) is 5.64. The normalized spacial score (nSPS) is 28.0. The fourth-order valence-electron chi connectivity index (χ4n) is 5.64. The predicted molar refractivity (Wildman–Crippen MR) is 109 cm³/mol. The quantitative estimate of drug-likeness (QED) is 0.774. The molecular weight excluding hydrogens is 383 g/mol. The lowest BCUT2D eigenvalue weighted by molar-refractivity contribution is -0.147. The van der Waals surface area contributed by atoms with Crippen molar-refractivity contribution in [1.29, 1.82) is 0 Å². The molecule has 3 amide bonds. The van der Waals surface area contributed by atoms with Crippen LogP contribution in [0.1, 0.15) is 24.8 Å². The molecule has 5 nitrogen and oxygen atoms in total. The van der Waals surface area contributed by atoms with Gasteiger partial charge in [0.15, 0.2) is 0 Å². The van der Waals surface area contributed by atoms with Gasteiger partial charge >= 0.3 is 0 Å². The topological polar surface area (TPSA) is 66.5 Å². The van der Waals surface area contributed by atoms with E-state index in [1.165, 1.54) is 29.2 Å². The Morgan fingerprint density at radius 3 is 2.17 bits per heavy atom. The Hall–Kier alpha value is -3.02. The summed E-state index contributed by atoms with van der Waals surface area (Å²) in [6, 6.07) is 13.9. The maximum absolute atomic E-state index is 13.3. The number of likely N-dealkylation sites (tertiary alicyclic amines) is 1. The van der Waals surface area contributed by atoms with Crippen LogP contribution in [0, 0.1) is 29.5 Å². The molecule has 5 atom stereocenters. The number of hydrogen-bond acceptors (Lipinski definition) is 3. The van der Waals surface area contributed by atoms with Crippen molar-refractivity contribution in [1.82, 2.24) is 4.90 Å². The number of nitrogens with zero attached hydrogens (tertiary/aromatic N) is 1. The summed E-state index contributed by atoms with van der Waals surface area (Å²) in [5.41, 5.74) is 1.30. The molecule has 0 unspecified atom stereocenters. The van der Waals surface area contributed by atoms with Gasteiger partial charge in [0.1, 0.15) is 11.9 Å². The van der Waals surface area contributed by atoms with Crippen LogP contribution in [0.25, 0.3) is 0 Å². The summed E-state index contributed by atoms with van der Waals surface area (Å²) in [7, 11) is 0. The highest BCUT2D eigenvalue weighted by molar-refractivity contribution is 6.10. The molecule has 1 saturated heterocycles. The standard InChI is InChI=1S/C24H23FN2O3/c25-17-8-10-18(11-9-17)26-22(28)19(12-14-4-2-1-3-5-14)27-23(29)20-15-6-7-16(13-15)21(20)24(27)30/h1-5,8-11,15-16,19-21H,6-7,12-13H2,(H,26,28)/t15-,16+,19-,20-,21+/m1/s1. The lowest BCUT2D eigenvalue weighted by atomic mass is 9.81. The van der Waals surface area contributed by atoms with Crippen LogP contribution < -0.4 is 5.32 Å². The van der Waals surface area contributed by atoms with E-state index in [0.29, 0.717) is 5.69 Å². The number of hydrogen-bond donors (Lipinski definition) is 1. The molecule has 0 spiro atoms. The molecule has 2 saturated carbocycles. The number of nitrogens with one attached hydrogen (secondary N) is 1. The molecule has 3 fully saturated rings. The second-order valence-electron chi connectivity index (χ2n) is 8.63. The van der Waals surface area contributed by atoms with Crippen LogP contribution in [0.3, 0.4) is 0 Å². The summed E-state index contributed by atoms with van der Waals surface area (Å²) in [6.07, 6.45) is 3.18. The highest BCUT2D eigenvalue weighted by Gasteiger charge is 2.62. The molecule has 2 aliphatic carbocycles. The van der Waals surface area contributed by atoms with E-state index in [9.17, 15) is 18.8 Å². The second kappa shape index (κ2) is 7.35. The zero-order valence-electron chi connectivity index (χ0n) is 16.5. The van der Waals surface area contributed by atoms with Gasteiger partial charge in [-0.15, -0.1) is 0 Å². The molecule has 3 aliphatic rings. The molecule has 6 heteroatoms. The third-order valence-electron chi connectivity index (χ3n) is 6.96. The molecule has 1 heterocycles. The van der Waals surface area contributed by atoms with E-state index in [1.54, 1.807) is 0 Å². The average molecular weight is 406 g/mol. The Morgan fingerprint density at radius 2 is 1.57 bits per heavy atom. The zero-order chi connectivity index (χ0) is 20.8. The molecule has 154 valence electrons. The van der Waals surface area contributed by atoms with Crippen molar-refractivity contribution in [2.75, 3.05) is 5.32 Å². The maximum atomic E-state index is 13.3. The Kier molecular flexibility index (Phi) is 4.65. The zero-order valence-corrected chi connectivity index (χ0v) is 16.5. The van der Waals surface area contributed by atoms with E-state index in [2.05, 4.69) is 5.32 Å². The molecule has 0 aromatic heterocycles. The molecule has 30 heavy (non-hydrogen) atoms. The molecule has 2 bridgehead atoms. The molecule has 1 aliphatic heterocycles. The third-order valence-corrected chi connectivity index (χ3v) is 6.96. The van der Waals surface area contributed by atoms with Gasteiger partial charge in [0, 0.05) is 12.1 Å². The van der Waals surface area contributed by atoms with Gasteiger partial charge in [-0.1, -0.05) is 30.3 Å². The number of imide groups is 1. The largest absolute Gasteiger partial charge is 0.324 e. The first-order chi connectivity index (χ1) is 14.5. The van der Waals surface area contributed by atoms with E-state index in [-0.39, 0.29) is 41.9 Å². The van der Waals surface area contributed by atoms with Crippen molar-refractivity contribution >= 4 is 23.4 Å². The molecule has 2 aromatic carbocycles. The predicted octanol–water partition coefficient (Wildman–Crippen LogP) is 3.41. The Labute approximate surface area is 174 Å². The average Bonchev–Trinajstić information content (AvgIpc) is 3.43. The van der Waals surface area contributed by atoms with Crippen LogP contribution >= 0.6 is 0 Å². The van der Waals surface area contributed by atoms with Gasteiger partial charge in [-0.05, 0) is 60.9 Å². The first-order valence-corrected chi connectivity index (χ1v) is 10.5. The summed E-state index contributed by atoms with van der Waals surface area (Å²) in [5.74, 6) is -1.25. The minimum Gasteiger partial charge on any atom is -0.324 e. The number of fused-ring (bicyclic) bond motifs is 5. The summed E-state index contributed by atoms with van der Waals surface area (Å²) >= 11 is 0. The molecular formula is C24H23FN2O3. The second-order valence-corrected chi connectivity index (χ2v) is 8.63. The summed E-state index contributed by atoms with van der Waals surface area (Å²) < 4.78 is 13.2. The van der Waals surface area contributed by atoms with E-state index < -0.39 is 17.8 Å². The third kappa shape index (κ3) is 3.11. The molecule has 1 N–H and O–H groups in total. The Morgan fingerprint density at radius 1 is 0.967 bits per heavy atom. The lowest BCUT2D eigenvalue weighted by Gasteiger charge is -2.27. The van der Waals surface area contributed by atoms with Crippen molar-refractivity contribution in [3.8, 4) is 0 Å². The summed E-state index contributed by atoms with van der Waals surface area (Å²) in [5, 5.41) is 2.76. The van der Waals surface area contributed by atoms with E-state index in [4.69, 9.17) is 0 Å². The summed E-state index contributed by atoms with van der Waals surface area (Å²) in [6.45, 7) is 0. The Balaban J connectivity index is 1.45. The van der Waals surface area contributed by atoms with Gasteiger partial charge in [-0.25, -0.2) is 4.39 Å². The lowest BCUT2D eigenvalue weighted by Crippen LogP contribution is -2.49. The van der Waals surface area contributed by atoms with Crippen LogP contribution in [-0.2, 0) is 20.8 Å². The van der Waals surface area contributed by atoms with Crippen molar-refractivity contribution in [2.24, 2.45) is 23.7 Å². The van der Waals surface area contributed by atoms with E-state index >= 15 is 0 Å². The van der Waals surface area contributed by atoms with Gasteiger partial charge in [0.05, 0.1) is 11.8 Å². The smallest absolute Gasteiger partial charge is 0.248 e. The van der Waals surface area contributed by atoms with Gasteiger partial charge in [0.2, 0.25) is 17.7 Å². The minimum atomic E-state index is -0.928. The number of anilines is 1. The maximum Gasteiger partial charge on any atom is 0.248 e. The van der Waals surface area contributed by atoms with Gasteiger partial charge in [-0.2, -0.15) is 0 Å². The Bertz CT molecular complexity index is 963. The number of carbonyl (C=O) groups excluding carboxylic acids is 3. The molecule has 0 radical (unpaired) electrons. The van der Waals surface area contributed by atoms with Crippen LogP contribution in [0.15, 0.2) is 54.6 Å². The van der Waals surface area contributed by atoms with Crippen molar-refractivity contribution in [2.45, 2.75) is 31.7 Å². The number of rotatable bonds is 5. The van der Waals surface area contributed by atoms with Crippen molar-refractivity contribution < 1.29 is 18.8 Å². The molecule has 2 aromatic rings. The number of amides is 3. The summed E-state index contributed by atoms with van der Waals surface area (Å²) in [4.78, 5) is 41.0. The SMILES string of the molecule is O=C(Nc1ccc(F)cc1)[C@@H](Cc1ccccc1)N1C(=O)[C@@H]2[C@@H]3CC[C@@H](C3)[C@@H]2C1=O. The van der Waals surface area contributed by atoms with E-state index in [1.807, 2.05) is 30.3 Å².